The minimum Gasteiger partial charge on any atom is -0.326 e. The molecule has 0 aliphatic carbocycles. The standard InChI is InChI=1S/C18H23BrNO3P/c1-3-22-24(21,23-4-2)18(16-10-12-17(19)13-11-16)20-14-15-8-6-5-7-9-15/h5-13,18,20H,3-4,14H2,1-2H3/p+1/t18-/m1/s1. The SMILES string of the molecule is CCOP(=O)(OCC)[C@@H]([NH2+]Cc1ccccc1)c1ccc(Br)cc1. The van der Waals surface area contributed by atoms with E-state index in [9.17, 15) is 4.57 Å². The predicted molar refractivity (Wildman–Crippen MR) is 99.8 cm³/mol. The highest BCUT2D eigenvalue weighted by Gasteiger charge is 2.40. The van der Waals surface area contributed by atoms with E-state index in [2.05, 4.69) is 28.1 Å². The Bertz CT molecular complexity index is 654. The van der Waals surface area contributed by atoms with Gasteiger partial charge in [-0.25, -0.2) is 0 Å². The van der Waals surface area contributed by atoms with E-state index >= 15 is 0 Å². The first-order chi connectivity index (χ1) is 11.6. The lowest BCUT2D eigenvalue weighted by atomic mass is 10.2. The molecular weight excluding hydrogens is 389 g/mol. The zero-order valence-corrected chi connectivity index (χ0v) is 16.5. The lowest BCUT2D eigenvalue weighted by Crippen LogP contribution is -2.83. The highest BCUT2D eigenvalue weighted by molar-refractivity contribution is 9.10. The first-order valence-electron chi connectivity index (χ1n) is 8.10. The van der Waals surface area contributed by atoms with Gasteiger partial charge in [0.15, 0.2) is 0 Å². The van der Waals surface area contributed by atoms with Crippen LogP contribution in [0.5, 0.6) is 0 Å². The van der Waals surface area contributed by atoms with Crippen molar-refractivity contribution in [1.82, 2.24) is 0 Å². The maximum Gasteiger partial charge on any atom is 0.392 e. The van der Waals surface area contributed by atoms with E-state index in [0.717, 1.165) is 10.0 Å². The van der Waals surface area contributed by atoms with Crippen molar-refractivity contribution in [3.63, 3.8) is 0 Å². The smallest absolute Gasteiger partial charge is 0.326 e. The van der Waals surface area contributed by atoms with Crippen molar-refractivity contribution in [2.45, 2.75) is 26.2 Å². The molecule has 1 atom stereocenters. The summed E-state index contributed by atoms with van der Waals surface area (Å²) in [6.45, 7) is 5.07. The maximum absolute atomic E-state index is 13.3. The third kappa shape index (κ3) is 5.27. The highest BCUT2D eigenvalue weighted by Crippen LogP contribution is 2.57. The molecule has 0 aliphatic heterocycles. The number of rotatable bonds is 9. The van der Waals surface area contributed by atoms with E-state index in [1.54, 1.807) is 0 Å². The number of halogens is 1. The van der Waals surface area contributed by atoms with Crippen molar-refractivity contribution in [3.8, 4) is 0 Å². The fraction of sp³-hybridized carbons (Fsp3) is 0.333. The molecule has 24 heavy (non-hydrogen) atoms. The molecule has 2 N–H and O–H groups in total. The summed E-state index contributed by atoms with van der Waals surface area (Å²) in [5.74, 6) is -0.397. The fourth-order valence-electron chi connectivity index (χ4n) is 2.53. The summed E-state index contributed by atoms with van der Waals surface area (Å²) in [7, 11) is -3.27. The van der Waals surface area contributed by atoms with Gasteiger partial charge in [0, 0.05) is 15.6 Å². The molecular formula is C18H24BrNO3P+. The summed E-state index contributed by atoms with van der Waals surface area (Å²) in [6.07, 6.45) is 0. The fourth-order valence-corrected chi connectivity index (χ4v) is 4.81. The molecule has 2 rings (SSSR count). The Morgan fingerprint density at radius 3 is 2.12 bits per heavy atom. The van der Waals surface area contributed by atoms with Crippen LogP contribution in [0, 0.1) is 0 Å². The van der Waals surface area contributed by atoms with Gasteiger partial charge in [0.1, 0.15) is 6.54 Å². The molecule has 0 unspecified atom stereocenters. The van der Waals surface area contributed by atoms with Crippen molar-refractivity contribution in [2.24, 2.45) is 0 Å². The molecule has 0 spiro atoms. The molecule has 0 aliphatic rings. The molecule has 0 amide bonds. The quantitative estimate of drug-likeness (QED) is 0.617. The van der Waals surface area contributed by atoms with Crippen LogP contribution in [0.3, 0.4) is 0 Å². The Kier molecular flexibility index (Phi) is 7.66. The van der Waals surface area contributed by atoms with Crippen LogP contribution in [0.1, 0.15) is 30.8 Å². The topological polar surface area (TPSA) is 52.1 Å². The van der Waals surface area contributed by atoms with Gasteiger partial charge in [-0.05, 0) is 26.0 Å². The molecule has 6 heteroatoms. The first-order valence-corrected chi connectivity index (χ1v) is 10.5. The third-order valence-corrected chi connectivity index (χ3v) is 6.55. The summed E-state index contributed by atoms with van der Waals surface area (Å²) in [6, 6.07) is 17.9. The van der Waals surface area contributed by atoms with Crippen molar-refractivity contribution in [2.75, 3.05) is 13.2 Å². The van der Waals surface area contributed by atoms with E-state index in [-0.39, 0.29) is 0 Å². The molecule has 0 radical (unpaired) electrons. The molecule has 0 aromatic heterocycles. The van der Waals surface area contributed by atoms with Gasteiger partial charge in [-0.2, -0.15) is 0 Å². The maximum atomic E-state index is 13.3. The van der Waals surface area contributed by atoms with Crippen molar-refractivity contribution in [1.29, 1.82) is 0 Å². The summed E-state index contributed by atoms with van der Waals surface area (Å²) in [5, 5.41) is 2.03. The van der Waals surface area contributed by atoms with E-state index in [0.29, 0.717) is 19.8 Å². The number of hydrogen-bond donors (Lipinski definition) is 1. The highest BCUT2D eigenvalue weighted by atomic mass is 79.9. The lowest BCUT2D eigenvalue weighted by molar-refractivity contribution is -0.693. The third-order valence-electron chi connectivity index (χ3n) is 3.59. The van der Waals surface area contributed by atoms with Crippen LogP contribution in [0.25, 0.3) is 0 Å². The van der Waals surface area contributed by atoms with Crippen LogP contribution in [0.4, 0.5) is 0 Å². The second-order valence-corrected chi connectivity index (χ2v) is 8.37. The Hall–Kier alpha value is -0.970. The van der Waals surface area contributed by atoms with E-state index in [4.69, 9.17) is 9.05 Å². The number of nitrogens with two attached hydrogens (primary N) is 1. The van der Waals surface area contributed by atoms with Crippen LogP contribution in [0.2, 0.25) is 0 Å². The molecule has 0 bridgehead atoms. The van der Waals surface area contributed by atoms with E-state index < -0.39 is 13.4 Å². The summed E-state index contributed by atoms with van der Waals surface area (Å²) >= 11 is 3.44. The molecule has 2 aromatic carbocycles. The van der Waals surface area contributed by atoms with Crippen molar-refractivity contribution < 1.29 is 18.9 Å². The van der Waals surface area contributed by atoms with Gasteiger partial charge in [0.2, 0.25) is 5.78 Å². The van der Waals surface area contributed by atoms with E-state index in [1.165, 1.54) is 5.56 Å². The predicted octanol–water partition coefficient (Wildman–Crippen LogP) is 4.48. The van der Waals surface area contributed by atoms with Gasteiger partial charge >= 0.3 is 7.60 Å². The van der Waals surface area contributed by atoms with Crippen LogP contribution < -0.4 is 5.32 Å². The monoisotopic (exact) mass is 412 g/mol. The lowest BCUT2D eigenvalue weighted by Gasteiger charge is -2.25. The normalized spacial score (nSPS) is 13.0. The molecule has 0 fully saturated rings. The van der Waals surface area contributed by atoms with Crippen molar-refractivity contribution >= 4 is 23.5 Å². The van der Waals surface area contributed by atoms with Crippen LogP contribution in [-0.2, 0) is 20.2 Å². The Morgan fingerprint density at radius 1 is 1.00 bits per heavy atom. The van der Waals surface area contributed by atoms with E-state index in [1.807, 2.05) is 61.6 Å². The Morgan fingerprint density at radius 2 is 1.58 bits per heavy atom. The van der Waals surface area contributed by atoms with Crippen molar-refractivity contribution in [3.05, 3.63) is 70.2 Å². The Labute approximate surface area is 152 Å². The second kappa shape index (κ2) is 9.50. The molecule has 0 heterocycles. The zero-order chi connectivity index (χ0) is 17.4. The van der Waals surface area contributed by atoms with Crippen LogP contribution in [0.15, 0.2) is 59.1 Å². The molecule has 0 saturated heterocycles. The van der Waals surface area contributed by atoms with Crippen LogP contribution in [-0.4, -0.2) is 13.2 Å². The van der Waals surface area contributed by atoms with Gasteiger partial charge in [0.25, 0.3) is 0 Å². The minimum absolute atomic E-state index is 0.351. The molecule has 0 saturated carbocycles. The second-order valence-electron chi connectivity index (χ2n) is 5.30. The molecule has 4 nitrogen and oxygen atoms in total. The van der Waals surface area contributed by atoms with Gasteiger partial charge in [-0.15, -0.1) is 0 Å². The van der Waals surface area contributed by atoms with Gasteiger partial charge in [0.05, 0.1) is 13.2 Å². The summed E-state index contributed by atoms with van der Waals surface area (Å²) < 4.78 is 25.5. The van der Waals surface area contributed by atoms with Gasteiger partial charge in [-0.3, -0.25) is 4.57 Å². The molecule has 130 valence electrons. The van der Waals surface area contributed by atoms with Gasteiger partial charge < -0.3 is 14.4 Å². The average Bonchev–Trinajstić information content (AvgIpc) is 2.58. The summed E-state index contributed by atoms with van der Waals surface area (Å²) in [5.41, 5.74) is 2.10. The number of quaternary nitrogens is 1. The Balaban J connectivity index is 2.29. The summed E-state index contributed by atoms with van der Waals surface area (Å²) in [4.78, 5) is 0. The molecule has 2 aromatic rings. The van der Waals surface area contributed by atoms with Gasteiger partial charge in [-0.1, -0.05) is 58.4 Å². The first kappa shape index (κ1) is 19.4. The van der Waals surface area contributed by atoms with Crippen LogP contribution >= 0.6 is 23.5 Å². The number of benzene rings is 2. The average molecular weight is 413 g/mol. The minimum atomic E-state index is -3.27. The zero-order valence-electron chi connectivity index (χ0n) is 14.0. The largest absolute Gasteiger partial charge is 0.392 e. The number of hydrogen-bond acceptors (Lipinski definition) is 3.